The summed E-state index contributed by atoms with van der Waals surface area (Å²) < 4.78 is 95.2. The molecule has 1 unspecified atom stereocenters. The largest absolute Gasteiger partial charge is 0.460 e. The molecule has 2 N–H and O–H groups in total. The molecule has 0 spiro atoms. The molecule has 3 fully saturated rings. The Bertz CT molecular complexity index is 2160. The van der Waals surface area contributed by atoms with Crippen molar-refractivity contribution in [3.63, 3.8) is 0 Å². The van der Waals surface area contributed by atoms with Gasteiger partial charge in [-0.05, 0) is 118 Å². The van der Waals surface area contributed by atoms with Crippen molar-refractivity contribution in [2.75, 3.05) is 41.1 Å². The van der Waals surface area contributed by atoms with Gasteiger partial charge < -0.3 is 43.3 Å². The summed E-state index contributed by atoms with van der Waals surface area (Å²) in [4.78, 5) is 58.8. The zero-order valence-electron chi connectivity index (χ0n) is 48.7. The first-order valence-electron chi connectivity index (χ1n) is 27.9. The van der Waals surface area contributed by atoms with Crippen LogP contribution in [-0.4, -0.2) is 134 Å². The van der Waals surface area contributed by atoms with E-state index in [0.29, 0.717) is 68.1 Å². The average Bonchev–Trinajstić information content (AvgIpc) is 3.33. The van der Waals surface area contributed by atoms with Crippen LogP contribution in [0.15, 0.2) is 59.8 Å². The van der Waals surface area contributed by atoms with Crippen LogP contribution in [0.2, 0.25) is 0 Å². The van der Waals surface area contributed by atoms with Gasteiger partial charge in [0.05, 0.1) is 28.5 Å². The molecule has 0 radical (unpaired) electrons. The molecule has 0 aromatic heterocycles. The van der Waals surface area contributed by atoms with Gasteiger partial charge in [-0.3, -0.25) is 18.9 Å². The van der Waals surface area contributed by atoms with Crippen molar-refractivity contribution < 1.29 is 70.4 Å². The number of nitrogens with zero attached hydrogens (tertiary/aromatic N) is 1. The molecule has 0 aromatic rings. The molecular weight excluding hydrogens is 902 g/mol. The monoisotopic (exact) mass is 994 g/mol. The van der Waals surface area contributed by atoms with Crippen LogP contribution in [0, 0.1) is 35.5 Å². The third-order valence-electron chi connectivity index (χ3n) is 14.9. The molecule has 3 heterocycles. The molecule has 2 bridgehead atoms. The highest BCUT2D eigenvalue weighted by Gasteiger charge is 2.53. The van der Waals surface area contributed by atoms with Crippen LogP contribution < -0.4 is 0 Å². The second kappa shape index (κ2) is 26.6. The maximum absolute atomic E-state index is 14.6. The molecule has 4 aliphatic rings. The topological polar surface area (TPSA) is 184 Å². The van der Waals surface area contributed by atoms with Crippen LogP contribution >= 0.6 is 7.37 Å². The highest BCUT2D eigenvalue weighted by molar-refractivity contribution is 7.57. The minimum atomic E-state index is -4.01. The number of carbonyl (C=O) groups excluding carboxylic acids is 4. The summed E-state index contributed by atoms with van der Waals surface area (Å²) in [5.74, 6) is -8.36. The summed E-state index contributed by atoms with van der Waals surface area (Å²) in [7, 11) is -3.86. The predicted molar refractivity (Wildman–Crippen MR) is 268 cm³/mol. The molecule has 15 heteroatoms. The molecule has 1 amide bonds. The molecule has 16 atom stereocenters. The number of fused-ring (bicyclic) bond motifs is 3. The van der Waals surface area contributed by atoms with Crippen molar-refractivity contribution in [2.45, 2.75) is 180 Å². The summed E-state index contributed by atoms with van der Waals surface area (Å²) in [6.45, 7) is 15.2. The fourth-order valence-electron chi connectivity index (χ4n) is 10.5. The number of methoxy groups -OCH3 is 3. The SMILES string of the molecule is [2H]C([2H])([2H])O[C@H]1C[C@@H]2CC[C@@H](C)[C@@](O)(O2)C(=O)C(=O)N2CCCC[C@H]2C(=O)O[C@H]([C@H](C)C[C@@H]2CC[C@@H](OP(C)(=O)C([2H])([2H])[2H])[C@H](OC)C2)CC(=O)[C@H](C)/C=C(\C)[C@@H](O)[C@@H](OC)C(=C)[C@H](C)C[C@H](C)/C=C/C=C/C=C/1C. The average molecular weight is 994 g/mol. The Morgan fingerprint density at radius 3 is 2.36 bits per heavy atom. The van der Waals surface area contributed by atoms with E-state index in [0.717, 1.165) is 11.6 Å². The van der Waals surface area contributed by atoms with Gasteiger partial charge in [0, 0.05) is 69.8 Å². The Morgan fingerprint density at radius 1 is 0.942 bits per heavy atom. The van der Waals surface area contributed by atoms with Crippen LogP contribution in [0.4, 0.5) is 0 Å². The number of hydrogen-bond acceptors (Lipinski definition) is 13. The number of carbonyl (C=O) groups is 4. The standard InChI is InChI=1S/C54H86NO13P/c1-33-19-15-14-16-20-34(2)46(63-9)31-42-24-22-39(7)54(61,67-42)51(58)52(59)55-26-18-17-21-43(55)53(60)66-47(37(5)29-41-23-25-45(48(30-41)64-10)68-69(12,13)62)32-44(56)36(4)28-38(6)49(57)50(65-11)40(8)35(3)27-33/h14-16,19-20,28,33,35-37,39,41-43,45-50,57,61H,8,17-18,21-27,29-32H2,1-7,9-13H3/b16-14+,19-15+,34-20+,38-28+/t33-,35-,36-,37-,39-,41+,42+,43+,45-,46+,47+,48-,49-,50+,54-/m1/s1/i9D3,12D3/t33-,35-,36-,37-,39-,41+,42+,43+,45-,46+,47+,48-,49-,50+,54-,69?. The highest BCUT2D eigenvalue weighted by Crippen LogP contribution is 2.45. The maximum atomic E-state index is 14.6. The number of ketones is 2. The zero-order chi connectivity index (χ0) is 56.4. The lowest BCUT2D eigenvalue weighted by atomic mass is 9.78. The second-order valence-electron chi connectivity index (χ2n) is 20.6. The number of rotatable bonds is 8. The first-order chi connectivity index (χ1) is 34.8. The smallest absolute Gasteiger partial charge is 0.329 e. The van der Waals surface area contributed by atoms with E-state index in [1.165, 1.54) is 14.2 Å². The minimum absolute atomic E-state index is 0.00915. The van der Waals surface area contributed by atoms with Crippen molar-refractivity contribution in [3.8, 4) is 0 Å². The Kier molecular flexibility index (Phi) is 19.1. The van der Waals surface area contributed by atoms with Crippen LogP contribution in [0.25, 0.3) is 0 Å². The Balaban J connectivity index is 1.73. The summed E-state index contributed by atoms with van der Waals surface area (Å²) in [6.07, 6.45) is 8.26. The highest BCUT2D eigenvalue weighted by atomic mass is 31.2. The zero-order valence-corrected chi connectivity index (χ0v) is 43.6. The first-order valence-corrected chi connectivity index (χ1v) is 27.0. The van der Waals surface area contributed by atoms with E-state index in [4.69, 9.17) is 36.4 Å². The molecule has 3 aliphatic heterocycles. The van der Waals surface area contributed by atoms with Crippen molar-refractivity contribution in [1.29, 1.82) is 0 Å². The van der Waals surface area contributed by atoms with E-state index < -0.39 is 111 Å². The molecule has 2 saturated heterocycles. The van der Waals surface area contributed by atoms with Crippen LogP contribution in [0.3, 0.4) is 0 Å². The number of esters is 1. The number of amides is 1. The molecule has 0 aromatic carbocycles. The molecule has 4 rings (SSSR count). The number of cyclic esters (lactones) is 1. The van der Waals surface area contributed by atoms with Gasteiger partial charge in [0.2, 0.25) is 5.79 Å². The van der Waals surface area contributed by atoms with Crippen LogP contribution in [0.1, 0.15) is 134 Å². The lowest BCUT2D eigenvalue weighted by Gasteiger charge is -2.42. The van der Waals surface area contributed by atoms with Gasteiger partial charge in [-0.1, -0.05) is 77.7 Å². The number of ether oxygens (including phenoxy) is 5. The number of piperidine rings is 1. The Morgan fingerprint density at radius 2 is 1.68 bits per heavy atom. The number of aliphatic hydroxyl groups excluding tert-OH is 1. The van der Waals surface area contributed by atoms with Crippen molar-refractivity contribution in [2.24, 2.45) is 35.5 Å². The molecule has 14 nitrogen and oxygen atoms in total. The van der Waals surface area contributed by atoms with Gasteiger partial charge in [0.1, 0.15) is 30.1 Å². The second-order valence-corrected chi connectivity index (χ2v) is 22.5. The van der Waals surface area contributed by atoms with Crippen molar-refractivity contribution in [1.82, 2.24) is 4.90 Å². The van der Waals surface area contributed by atoms with Crippen molar-refractivity contribution >= 4 is 30.8 Å². The quantitative estimate of drug-likeness (QED) is 0.102. The molecule has 1 aliphatic carbocycles. The number of hydrogen-bond donors (Lipinski definition) is 2. The van der Waals surface area contributed by atoms with Crippen LogP contribution in [0.5, 0.6) is 0 Å². The van der Waals surface area contributed by atoms with E-state index in [-0.39, 0.29) is 55.8 Å². The van der Waals surface area contributed by atoms with Crippen molar-refractivity contribution in [3.05, 3.63) is 59.8 Å². The molecule has 69 heavy (non-hydrogen) atoms. The van der Waals surface area contributed by atoms with Gasteiger partial charge in [-0.25, -0.2) is 4.79 Å². The lowest BCUT2D eigenvalue weighted by Crippen LogP contribution is -2.61. The summed E-state index contributed by atoms with van der Waals surface area (Å²) >= 11 is 0. The van der Waals surface area contributed by atoms with E-state index in [1.54, 1.807) is 52.0 Å². The van der Waals surface area contributed by atoms with Gasteiger partial charge >= 0.3 is 5.97 Å². The Labute approximate surface area is 421 Å². The van der Waals surface area contributed by atoms with Gasteiger partial charge in [0.25, 0.3) is 11.7 Å². The van der Waals surface area contributed by atoms with Crippen LogP contribution in [-0.2, 0) is 52.0 Å². The van der Waals surface area contributed by atoms with Gasteiger partial charge in [-0.15, -0.1) is 0 Å². The Hall–Kier alpha value is -3.07. The fourth-order valence-corrected chi connectivity index (χ4v) is 11.2. The van der Waals surface area contributed by atoms with Gasteiger partial charge in [0.15, 0.2) is 7.37 Å². The fraction of sp³-hybridized carbons (Fsp3) is 0.741. The first kappa shape index (κ1) is 49.5. The van der Waals surface area contributed by atoms with E-state index in [9.17, 15) is 34.0 Å². The predicted octanol–water partition coefficient (Wildman–Crippen LogP) is 8.73. The number of allylic oxidation sites excluding steroid dienone is 6. The summed E-state index contributed by atoms with van der Waals surface area (Å²) in [5.41, 5.74) is 1.68. The summed E-state index contributed by atoms with van der Waals surface area (Å²) in [6, 6.07) is -1.25. The van der Waals surface area contributed by atoms with Gasteiger partial charge in [-0.2, -0.15) is 0 Å². The minimum Gasteiger partial charge on any atom is -0.460 e. The maximum Gasteiger partial charge on any atom is 0.329 e. The molecule has 1 saturated carbocycles. The number of Topliss-reactive ketones (excluding diaryl/α,β-unsaturated/α-hetero) is 2. The molecular formula is C54H86NO13P. The van der Waals surface area contributed by atoms with E-state index in [1.807, 2.05) is 32.9 Å². The van der Waals surface area contributed by atoms with E-state index in [2.05, 4.69) is 6.58 Å². The normalized spacial score (nSPS) is 41.4. The lowest BCUT2D eigenvalue weighted by molar-refractivity contribution is -0.265. The number of aliphatic hydroxyl groups is 2. The third-order valence-corrected chi connectivity index (χ3v) is 15.6. The van der Waals surface area contributed by atoms with E-state index >= 15 is 0 Å². The molecule has 390 valence electrons. The summed E-state index contributed by atoms with van der Waals surface area (Å²) in [5, 5.41) is 23.7. The third kappa shape index (κ3) is 16.2.